The van der Waals surface area contributed by atoms with Crippen LogP contribution >= 0.6 is 15.9 Å². The van der Waals surface area contributed by atoms with Crippen LogP contribution < -0.4 is 5.32 Å². The Balaban J connectivity index is 2.00. The number of pyridine rings is 1. The Morgan fingerprint density at radius 2 is 2.44 bits per heavy atom. The van der Waals surface area contributed by atoms with Crippen molar-refractivity contribution in [3.8, 4) is 0 Å². The van der Waals surface area contributed by atoms with E-state index in [-0.39, 0.29) is 6.04 Å². The van der Waals surface area contributed by atoms with Crippen molar-refractivity contribution < 1.29 is 9.90 Å². The van der Waals surface area contributed by atoms with Gasteiger partial charge in [0.25, 0.3) is 0 Å². The normalized spacial score (nSPS) is 19.7. The van der Waals surface area contributed by atoms with E-state index in [1.807, 2.05) is 13.0 Å². The zero-order valence-electron chi connectivity index (χ0n) is 10.2. The highest BCUT2D eigenvalue weighted by atomic mass is 79.9. The van der Waals surface area contributed by atoms with Crippen molar-refractivity contribution in [1.29, 1.82) is 0 Å². The number of aryl methyl sites for hydroxylation is 1. The van der Waals surface area contributed by atoms with Gasteiger partial charge in [0, 0.05) is 29.8 Å². The first-order valence-corrected chi connectivity index (χ1v) is 6.72. The summed E-state index contributed by atoms with van der Waals surface area (Å²) in [4.78, 5) is 16.7. The lowest BCUT2D eigenvalue weighted by atomic mass is 10.1. The predicted octanol–water partition coefficient (Wildman–Crippen LogP) is 2.71. The van der Waals surface area contributed by atoms with Gasteiger partial charge in [-0.1, -0.05) is 0 Å². The smallest absolute Gasteiger partial charge is 0.407 e. The number of anilines is 1. The van der Waals surface area contributed by atoms with Crippen LogP contribution in [0.1, 0.15) is 18.4 Å². The Bertz CT molecular complexity index is 453. The van der Waals surface area contributed by atoms with E-state index < -0.39 is 6.09 Å². The van der Waals surface area contributed by atoms with Crippen molar-refractivity contribution in [2.45, 2.75) is 25.8 Å². The molecule has 0 bridgehead atoms. The molecule has 1 atom stereocenters. The number of piperidine rings is 1. The Morgan fingerprint density at radius 1 is 1.67 bits per heavy atom. The van der Waals surface area contributed by atoms with E-state index in [2.05, 4.69) is 26.2 Å². The van der Waals surface area contributed by atoms with Crippen molar-refractivity contribution in [1.82, 2.24) is 9.88 Å². The number of nitrogens with zero attached hydrogens (tertiary/aromatic N) is 2. The third-order valence-electron chi connectivity index (χ3n) is 3.09. The summed E-state index contributed by atoms with van der Waals surface area (Å²) in [5, 5.41) is 12.3. The number of hydrogen-bond donors (Lipinski definition) is 2. The number of rotatable bonds is 2. The molecule has 0 saturated carbocycles. The van der Waals surface area contributed by atoms with Crippen LogP contribution in [0.3, 0.4) is 0 Å². The highest BCUT2D eigenvalue weighted by molar-refractivity contribution is 9.10. The van der Waals surface area contributed by atoms with Gasteiger partial charge in [-0.25, -0.2) is 9.78 Å². The van der Waals surface area contributed by atoms with Crippen LogP contribution in [-0.2, 0) is 0 Å². The average molecular weight is 314 g/mol. The Kier molecular flexibility index (Phi) is 4.06. The van der Waals surface area contributed by atoms with Gasteiger partial charge in [0.1, 0.15) is 5.82 Å². The van der Waals surface area contributed by atoms with Crippen molar-refractivity contribution in [3.05, 3.63) is 22.3 Å². The molecule has 0 radical (unpaired) electrons. The standard InChI is InChI=1S/C12H16BrN3O2/c1-8-5-11(14-6-10(8)13)15-9-3-2-4-16(7-9)12(17)18/h5-6,9H,2-4,7H2,1H3,(H,14,15)(H,17,18)/t9-/m1/s1. The van der Waals surface area contributed by atoms with Crippen LogP contribution in [0.2, 0.25) is 0 Å². The zero-order chi connectivity index (χ0) is 13.1. The fraction of sp³-hybridized carbons (Fsp3) is 0.500. The number of nitrogens with one attached hydrogen (secondary N) is 1. The van der Waals surface area contributed by atoms with E-state index in [4.69, 9.17) is 5.11 Å². The summed E-state index contributed by atoms with van der Waals surface area (Å²) < 4.78 is 0.976. The molecule has 1 fully saturated rings. The maximum Gasteiger partial charge on any atom is 0.407 e. The predicted molar refractivity (Wildman–Crippen MR) is 72.9 cm³/mol. The molecule has 0 aliphatic carbocycles. The number of carboxylic acid groups (broad SMARTS) is 1. The lowest BCUT2D eigenvalue weighted by Gasteiger charge is -2.31. The van der Waals surface area contributed by atoms with Crippen LogP contribution in [0.5, 0.6) is 0 Å². The van der Waals surface area contributed by atoms with Gasteiger partial charge < -0.3 is 15.3 Å². The fourth-order valence-corrected chi connectivity index (χ4v) is 2.31. The molecule has 0 unspecified atom stereocenters. The minimum Gasteiger partial charge on any atom is -0.465 e. The Hall–Kier alpha value is -1.30. The molecular formula is C12H16BrN3O2. The van der Waals surface area contributed by atoms with Gasteiger partial charge in [0.2, 0.25) is 0 Å². The largest absolute Gasteiger partial charge is 0.465 e. The average Bonchev–Trinajstić information content (AvgIpc) is 2.34. The molecule has 2 heterocycles. The summed E-state index contributed by atoms with van der Waals surface area (Å²) >= 11 is 3.41. The molecule has 1 aliphatic heterocycles. The highest BCUT2D eigenvalue weighted by Crippen LogP contribution is 2.19. The molecule has 2 N–H and O–H groups in total. The molecule has 1 amide bonds. The van der Waals surface area contributed by atoms with Crippen LogP contribution in [0.4, 0.5) is 10.6 Å². The van der Waals surface area contributed by atoms with E-state index in [1.54, 1.807) is 6.20 Å². The molecule has 0 aromatic carbocycles. The summed E-state index contributed by atoms with van der Waals surface area (Å²) in [5.41, 5.74) is 1.11. The second kappa shape index (κ2) is 5.56. The SMILES string of the molecule is Cc1cc(N[C@@H]2CCCN(C(=O)O)C2)ncc1Br. The van der Waals surface area contributed by atoms with Crippen LogP contribution in [0.15, 0.2) is 16.7 Å². The van der Waals surface area contributed by atoms with E-state index in [9.17, 15) is 4.79 Å². The first-order chi connectivity index (χ1) is 8.56. The van der Waals surface area contributed by atoms with E-state index in [0.717, 1.165) is 28.7 Å². The fourth-order valence-electron chi connectivity index (χ4n) is 2.10. The molecule has 1 aromatic heterocycles. The van der Waals surface area contributed by atoms with Gasteiger partial charge in [-0.3, -0.25) is 0 Å². The van der Waals surface area contributed by atoms with E-state index >= 15 is 0 Å². The van der Waals surface area contributed by atoms with Crippen LogP contribution in [-0.4, -0.2) is 40.2 Å². The second-order valence-corrected chi connectivity index (χ2v) is 5.39. The van der Waals surface area contributed by atoms with Crippen molar-refractivity contribution in [3.63, 3.8) is 0 Å². The summed E-state index contributed by atoms with van der Waals surface area (Å²) in [5.74, 6) is 0.799. The van der Waals surface area contributed by atoms with Gasteiger partial charge in [0.15, 0.2) is 0 Å². The number of carbonyl (C=O) groups is 1. The lowest BCUT2D eigenvalue weighted by Crippen LogP contribution is -2.44. The van der Waals surface area contributed by atoms with Crippen molar-refractivity contribution in [2.24, 2.45) is 0 Å². The molecule has 98 valence electrons. The van der Waals surface area contributed by atoms with Gasteiger partial charge in [-0.2, -0.15) is 0 Å². The third-order valence-corrected chi connectivity index (χ3v) is 3.92. The number of halogens is 1. The number of likely N-dealkylation sites (tertiary alicyclic amines) is 1. The number of aromatic nitrogens is 1. The maximum absolute atomic E-state index is 10.9. The van der Waals surface area contributed by atoms with Gasteiger partial charge >= 0.3 is 6.09 Å². The Morgan fingerprint density at radius 3 is 3.11 bits per heavy atom. The first kappa shape index (κ1) is 13.1. The molecule has 1 aliphatic rings. The molecule has 1 saturated heterocycles. The Labute approximate surface area is 114 Å². The van der Waals surface area contributed by atoms with Crippen molar-refractivity contribution >= 4 is 27.8 Å². The van der Waals surface area contributed by atoms with Crippen LogP contribution in [0.25, 0.3) is 0 Å². The van der Waals surface area contributed by atoms with Crippen molar-refractivity contribution in [2.75, 3.05) is 18.4 Å². The number of amides is 1. The molecule has 5 nitrogen and oxygen atoms in total. The molecule has 6 heteroatoms. The monoisotopic (exact) mass is 313 g/mol. The van der Waals surface area contributed by atoms with E-state index in [0.29, 0.717) is 13.1 Å². The van der Waals surface area contributed by atoms with Gasteiger partial charge in [-0.05, 0) is 47.3 Å². The lowest BCUT2D eigenvalue weighted by molar-refractivity contribution is 0.133. The number of hydrogen-bond acceptors (Lipinski definition) is 3. The zero-order valence-corrected chi connectivity index (χ0v) is 11.8. The molecular weight excluding hydrogens is 298 g/mol. The summed E-state index contributed by atoms with van der Waals surface area (Å²) in [6.45, 7) is 3.15. The van der Waals surface area contributed by atoms with Crippen LogP contribution in [0, 0.1) is 6.92 Å². The second-order valence-electron chi connectivity index (χ2n) is 4.53. The minimum atomic E-state index is -0.846. The summed E-state index contributed by atoms with van der Waals surface area (Å²) in [7, 11) is 0. The maximum atomic E-state index is 10.9. The van der Waals surface area contributed by atoms with Gasteiger partial charge in [-0.15, -0.1) is 0 Å². The topological polar surface area (TPSA) is 65.5 Å². The first-order valence-electron chi connectivity index (χ1n) is 5.93. The molecule has 0 spiro atoms. The summed E-state index contributed by atoms with van der Waals surface area (Å²) in [6, 6.07) is 2.10. The highest BCUT2D eigenvalue weighted by Gasteiger charge is 2.23. The molecule has 18 heavy (non-hydrogen) atoms. The third kappa shape index (κ3) is 3.13. The molecule has 1 aromatic rings. The van der Waals surface area contributed by atoms with Gasteiger partial charge in [0.05, 0.1) is 0 Å². The minimum absolute atomic E-state index is 0.142. The molecule has 2 rings (SSSR count). The summed E-state index contributed by atoms with van der Waals surface area (Å²) in [6.07, 6.45) is 2.77. The van der Waals surface area contributed by atoms with E-state index in [1.165, 1.54) is 4.90 Å². The quantitative estimate of drug-likeness (QED) is 0.881.